The first-order chi connectivity index (χ1) is 9.40. The van der Waals surface area contributed by atoms with E-state index < -0.39 is 18.1 Å². The lowest BCUT2D eigenvalue weighted by Gasteiger charge is -2.17. The average molecular weight is 282 g/mol. The summed E-state index contributed by atoms with van der Waals surface area (Å²) in [5, 5.41) is 14.8. The van der Waals surface area contributed by atoms with Gasteiger partial charge in [0.05, 0.1) is 12.4 Å². The van der Waals surface area contributed by atoms with E-state index in [9.17, 15) is 14.7 Å². The Balaban J connectivity index is 2.34. The van der Waals surface area contributed by atoms with Crippen molar-refractivity contribution >= 4 is 11.8 Å². The van der Waals surface area contributed by atoms with Crippen LogP contribution in [0, 0.1) is 5.92 Å². The minimum absolute atomic E-state index is 0.157. The predicted octanol–water partition coefficient (Wildman–Crippen LogP) is 0.921. The largest absolute Gasteiger partial charge is 0.459 e. The molecular weight excluding hydrogens is 260 g/mol. The number of amides is 2. The van der Waals surface area contributed by atoms with Gasteiger partial charge in [0.25, 0.3) is 5.91 Å². The third-order valence-electron chi connectivity index (χ3n) is 2.74. The second-order valence-corrected chi connectivity index (χ2v) is 5.20. The van der Waals surface area contributed by atoms with Gasteiger partial charge in [0, 0.05) is 6.54 Å². The average Bonchev–Trinajstić information content (AvgIpc) is 2.88. The molecular formula is C14H22N2O4. The van der Waals surface area contributed by atoms with E-state index in [4.69, 9.17) is 4.42 Å². The Morgan fingerprint density at radius 1 is 1.35 bits per heavy atom. The Labute approximate surface area is 118 Å². The van der Waals surface area contributed by atoms with Crippen molar-refractivity contribution in [1.29, 1.82) is 0 Å². The van der Waals surface area contributed by atoms with Gasteiger partial charge in [0.2, 0.25) is 5.91 Å². The van der Waals surface area contributed by atoms with Gasteiger partial charge in [-0.1, -0.05) is 13.8 Å². The standard InChI is InChI=1S/C14H22N2O4/c1-9(2)7-11(17)8-15-13(18)10(3)16-14(19)12-5-4-6-20-12/h4-6,9-11,17H,7-8H2,1-3H3,(H,15,18)(H,16,19). The summed E-state index contributed by atoms with van der Waals surface area (Å²) in [5.74, 6) is -0.268. The highest BCUT2D eigenvalue weighted by atomic mass is 16.3. The van der Waals surface area contributed by atoms with Gasteiger partial charge in [0.1, 0.15) is 6.04 Å². The zero-order chi connectivity index (χ0) is 15.1. The Morgan fingerprint density at radius 3 is 2.60 bits per heavy atom. The second-order valence-electron chi connectivity index (χ2n) is 5.20. The van der Waals surface area contributed by atoms with Gasteiger partial charge in [-0.25, -0.2) is 0 Å². The van der Waals surface area contributed by atoms with E-state index in [1.807, 2.05) is 13.8 Å². The number of furan rings is 1. The van der Waals surface area contributed by atoms with Crippen LogP contribution in [0.25, 0.3) is 0 Å². The second kappa shape index (κ2) is 7.69. The van der Waals surface area contributed by atoms with Crippen LogP contribution in [0.4, 0.5) is 0 Å². The minimum atomic E-state index is -0.696. The summed E-state index contributed by atoms with van der Waals surface area (Å²) in [7, 11) is 0. The molecule has 2 amide bonds. The maximum atomic E-state index is 11.8. The molecule has 0 saturated carbocycles. The topological polar surface area (TPSA) is 91.6 Å². The fourth-order valence-corrected chi connectivity index (χ4v) is 1.74. The third-order valence-corrected chi connectivity index (χ3v) is 2.74. The van der Waals surface area contributed by atoms with E-state index in [-0.39, 0.29) is 18.2 Å². The molecule has 0 fully saturated rings. The number of carbonyl (C=O) groups is 2. The van der Waals surface area contributed by atoms with Crippen molar-refractivity contribution in [3.05, 3.63) is 24.2 Å². The maximum absolute atomic E-state index is 11.8. The number of carbonyl (C=O) groups excluding carboxylic acids is 2. The van der Waals surface area contributed by atoms with Crippen molar-refractivity contribution in [3.8, 4) is 0 Å². The summed E-state index contributed by atoms with van der Waals surface area (Å²) >= 11 is 0. The SMILES string of the molecule is CC(C)CC(O)CNC(=O)C(C)NC(=O)c1ccco1. The summed E-state index contributed by atoms with van der Waals surface area (Å²) in [6.07, 6.45) is 1.43. The summed E-state index contributed by atoms with van der Waals surface area (Å²) in [4.78, 5) is 23.4. The van der Waals surface area contributed by atoms with Crippen LogP contribution in [0.3, 0.4) is 0 Å². The summed E-state index contributed by atoms with van der Waals surface area (Å²) in [5.41, 5.74) is 0. The molecule has 1 aromatic rings. The van der Waals surface area contributed by atoms with Crippen molar-refractivity contribution in [3.63, 3.8) is 0 Å². The molecule has 6 heteroatoms. The fraction of sp³-hybridized carbons (Fsp3) is 0.571. The molecule has 6 nitrogen and oxygen atoms in total. The maximum Gasteiger partial charge on any atom is 0.287 e. The number of hydrogen-bond acceptors (Lipinski definition) is 4. The van der Waals surface area contributed by atoms with E-state index in [2.05, 4.69) is 10.6 Å². The van der Waals surface area contributed by atoms with Gasteiger partial charge in [-0.05, 0) is 31.4 Å². The van der Waals surface area contributed by atoms with Gasteiger partial charge in [-0.15, -0.1) is 0 Å². The molecule has 0 spiro atoms. The number of rotatable bonds is 7. The third kappa shape index (κ3) is 5.44. The lowest BCUT2D eigenvalue weighted by molar-refractivity contribution is -0.123. The van der Waals surface area contributed by atoms with Gasteiger partial charge in [-0.3, -0.25) is 9.59 Å². The smallest absolute Gasteiger partial charge is 0.287 e. The molecule has 0 aliphatic carbocycles. The molecule has 0 aliphatic heterocycles. The molecule has 1 rings (SSSR count). The Morgan fingerprint density at radius 2 is 2.05 bits per heavy atom. The number of nitrogens with one attached hydrogen (secondary N) is 2. The predicted molar refractivity (Wildman–Crippen MR) is 74.1 cm³/mol. The monoisotopic (exact) mass is 282 g/mol. The van der Waals surface area contributed by atoms with Crippen LogP contribution >= 0.6 is 0 Å². The van der Waals surface area contributed by atoms with Crippen LogP contribution in [-0.4, -0.2) is 35.6 Å². The van der Waals surface area contributed by atoms with Crippen LogP contribution in [-0.2, 0) is 4.79 Å². The summed E-state index contributed by atoms with van der Waals surface area (Å²) < 4.78 is 4.93. The molecule has 0 aromatic carbocycles. The molecule has 3 N–H and O–H groups in total. The molecule has 2 unspecified atom stereocenters. The van der Waals surface area contributed by atoms with Crippen molar-refractivity contribution in [2.75, 3.05) is 6.54 Å². The zero-order valence-corrected chi connectivity index (χ0v) is 12.1. The molecule has 112 valence electrons. The van der Waals surface area contributed by atoms with Crippen molar-refractivity contribution in [1.82, 2.24) is 10.6 Å². The van der Waals surface area contributed by atoms with Gasteiger partial charge < -0.3 is 20.2 Å². The van der Waals surface area contributed by atoms with Crippen LogP contribution < -0.4 is 10.6 Å². The van der Waals surface area contributed by atoms with Crippen molar-refractivity contribution < 1.29 is 19.1 Å². The van der Waals surface area contributed by atoms with E-state index in [1.54, 1.807) is 13.0 Å². The normalized spacial score (nSPS) is 13.8. The van der Waals surface area contributed by atoms with Crippen LogP contribution in [0.15, 0.2) is 22.8 Å². The molecule has 2 atom stereocenters. The van der Waals surface area contributed by atoms with Crippen LogP contribution in [0.5, 0.6) is 0 Å². The first kappa shape index (κ1) is 16.2. The molecule has 1 heterocycles. The Kier molecular flexibility index (Phi) is 6.24. The van der Waals surface area contributed by atoms with E-state index >= 15 is 0 Å². The van der Waals surface area contributed by atoms with E-state index in [1.165, 1.54) is 12.3 Å². The lowest BCUT2D eigenvalue weighted by Crippen LogP contribution is -2.46. The number of aliphatic hydroxyl groups excluding tert-OH is 1. The van der Waals surface area contributed by atoms with Gasteiger partial charge >= 0.3 is 0 Å². The Hall–Kier alpha value is -1.82. The van der Waals surface area contributed by atoms with E-state index in [0.717, 1.165) is 0 Å². The molecule has 0 radical (unpaired) electrons. The van der Waals surface area contributed by atoms with Crippen molar-refractivity contribution in [2.45, 2.75) is 39.3 Å². The molecule has 0 saturated heterocycles. The molecule has 0 aliphatic rings. The molecule has 1 aromatic heterocycles. The van der Waals surface area contributed by atoms with Crippen LogP contribution in [0.1, 0.15) is 37.7 Å². The van der Waals surface area contributed by atoms with Crippen LogP contribution in [0.2, 0.25) is 0 Å². The highest BCUT2D eigenvalue weighted by Crippen LogP contribution is 2.03. The highest BCUT2D eigenvalue weighted by Gasteiger charge is 2.18. The summed E-state index contributed by atoms with van der Waals surface area (Å²) in [6.45, 7) is 5.75. The van der Waals surface area contributed by atoms with E-state index in [0.29, 0.717) is 12.3 Å². The summed E-state index contributed by atoms with van der Waals surface area (Å²) in [6, 6.07) is 2.42. The van der Waals surface area contributed by atoms with Gasteiger partial charge in [0.15, 0.2) is 5.76 Å². The quantitative estimate of drug-likeness (QED) is 0.693. The first-order valence-electron chi connectivity index (χ1n) is 6.70. The first-order valence-corrected chi connectivity index (χ1v) is 6.70. The molecule has 0 bridgehead atoms. The minimum Gasteiger partial charge on any atom is -0.459 e. The Bertz CT molecular complexity index is 428. The van der Waals surface area contributed by atoms with Crippen molar-refractivity contribution in [2.24, 2.45) is 5.92 Å². The zero-order valence-electron chi connectivity index (χ0n) is 12.1. The molecule has 20 heavy (non-hydrogen) atoms. The number of hydrogen-bond donors (Lipinski definition) is 3. The fourth-order valence-electron chi connectivity index (χ4n) is 1.74. The van der Waals surface area contributed by atoms with Gasteiger partial charge in [-0.2, -0.15) is 0 Å². The highest BCUT2D eigenvalue weighted by molar-refractivity contribution is 5.95. The lowest BCUT2D eigenvalue weighted by atomic mass is 10.1. The number of aliphatic hydroxyl groups is 1.